The van der Waals surface area contributed by atoms with Crippen LogP contribution < -0.4 is 5.46 Å². The predicted octanol–water partition coefficient (Wildman–Crippen LogP) is 21.5. The van der Waals surface area contributed by atoms with Crippen LogP contribution in [0.2, 0.25) is 0 Å². The summed E-state index contributed by atoms with van der Waals surface area (Å²) in [7, 11) is -1.49. The molecule has 6 nitrogen and oxygen atoms in total. The summed E-state index contributed by atoms with van der Waals surface area (Å²) in [4.78, 5) is 19.8. The highest BCUT2D eigenvalue weighted by molar-refractivity contribution is 9.10. The van der Waals surface area contributed by atoms with Gasteiger partial charge in [0.25, 0.3) is 0 Å². The lowest BCUT2D eigenvalue weighted by Crippen LogP contribution is -2.32. The number of rotatable bonds is 10. The molecule has 102 heavy (non-hydrogen) atoms. The van der Waals surface area contributed by atoms with Crippen LogP contribution in [-0.2, 0) is 10.8 Å². The van der Waals surface area contributed by atoms with Gasteiger partial charge in [-0.15, -0.1) is 0 Å². The Hall–Kier alpha value is -12.3. The van der Waals surface area contributed by atoms with Crippen LogP contribution in [0.4, 0.5) is 0 Å². The molecule has 0 bridgehead atoms. The van der Waals surface area contributed by atoms with E-state index in [-0.39, 0.29) is 0 Å². The van der Waals surface area contributed by atoms with E-state index in [1.54, 1.807) is 0 Å². The van der Waals surface area contributed by atoms with Crippen LogP contribution in [0.15, 0.2) is 381 Å². The van der Waals surface area contributed by atoms with Crippen molar-refractivity contribution in [3.05, 3.63) is 425 Å². The first-order valence-electron chi connectivity index (χ1n) is 34.3. The van der Waals surface area contributed by atoms with Crippen LogP contribution in [0, 0.1) is 0 Å². The summed E-state index contributed by atoms with van der Waals surface area (Å²) < 4.78 is 1.01. The van der Waals surface area contributed by atoms with Gasteiger partial charge in [-0.3, -0.25) is 0 Å². The summed E-state index contributed by atoms with van der Waals surface area (Å²) in [5, 5.41) is 19.7. The summed E-state index contributed by atoms with van der Waals surface area (Å²) in [6, 6.07) is 131. The minimum absolute atomic E-state index is 0.427. The van der Waals surface area contributed by atoms with Crippen LogP contribution in [0.25, 0.3) is 112 Å². The topological polar surface area (TPSA) is 92.0 Å². The first kappa shape index (κ1) is 63.2. The predicted molar refractivity (Wildman–Crippen MR) is 420 cm³/mol. The lowest BCUT2D eigenvalue weighted by molar-refractivity contribution is 0.425. The highest BCUT2D eigenvalue weighted by Crippen LogP contribution is 2.63. The average molecular weight is 1370 g/mol. The van der Waals surface area contributed by atoms with E-state index < -0.39 is 17.9 Å². The van der Waals surface area contributed by atoms with E-state index in [0.717, 1.165) is 88.7 Å². The number of aromatic nitrogens is 4. The molecular formula is C94H64BBrN4O2. The van der Waals surface area contributed by atoms with Gasteiger partial charge in [0.1, 0.15) is 0 Å². The van der Waals surface area contributed by atoms with Crippen LogP contribution >= 0.6 is 15.9 Å². The molecule has 0 atom stereocenters. The molecule has 19 rings (SSSR count). The van der Waals surface area contributed by atoms with Crippen molar-refractivity contribution < 1.29 is 10.0 Å². The van der Waals surface area contributed by atoms with E-state index in [1.807, 2.05) is 97.1 Å². The van der Waals surface area contributed by atoms with Gasteiger partial charge in [-0.25, -0.2) is 19.9 Å². The van der Waals surface area contributed by atoms with E-state index in [4.69, 9.17) is 19.9 Å². The Labute approximate surface area is 602 Å². The molecule has 16 aromatic rings. The van der Waals surface area contributed by atoms with E-state index in [1.165, 1.54) is 66.8 Å². The van der Waals surface area contributed by atoms with Gasteiger partial charge in [0, 0.05) is 37.9 Å². The summed E-state index contributed by atoms with van der Waals surface area (Å²) in [5.74, 6) is 1.43. The van der Waals surface area contributed by atoms with Crippen LogP contribution in [-0.4, -0.2) is 37.1 Å². The second-order valence-corrected chi connectivity index (χ2v) is 26.7. The zero-order valence-corrected chi connectivity index (χ0v) is 57.0. The fraction of sp³-hybridized carbons (Fsp3) is 0.0213. The van der Waals surface area contributed by atoms with Crippen LogP contribution in [0.3, 0.4) is 0 Å². The maximum atomic E-state index is 9.85. The van der Waals surface area contributed by atoms with Crippen molar-refractivity contribution in [3.8, 4) is 112 Å². The maximum Gasteiger partial charge on any atom is 0.488 e. The summed E-state index contributed by atoms with van der Waals surface area (Å²) in [5.41, 5.74) is 29.3. The summed E-state index contributed by atoms with van der Waals surface area (Å²) in [6.07, 6.45) is 0. The fourth-order valence-corrected chi connectivity index (χ4v) is 15.9. The molecule has 3 aliphatic carbocycles. The van der Waals surface area contributed by atoms with Gasteiger partial charge in [-0.1, -0.05) is 356 Å². The molecule has 482 valence electrons. The van der Waals surface area contributed by atoms with Crippen molar-refractivity contribution >= 4 is 28.5 Å². The third kappa shape index (κ3) is 11.3. The summed E-state index contributed by atoms with van der Waals surface area (Å²) >= 11 is 3.53. The van der Waals surface area contributed by atoms with Crippen molar-refractivity contribution in [1.29, 1.82) is 0 Å². The molecule has 3 aliphatic rings. The van der Waals surface area contributed by atoms with E-state index in [2.05, 4.69) is 295 Å². The van der Waals surface area contributed by atoms with Crippen molar-refractivity contribution in [2.45, 2.75) is 10.8 Å². The number of benzene rings is 14. The Balaban J connectivity index is 0.000000124. The van der Waals surface area contributed by atoms with E-state index in [9.17, 15) is 10.0 Å². The Morgan fingerprint density at radius 3 is 0.931 bits per heavy atom. The lowest BCUT2D eigenvalue weighted by Gasteiger charge is -2.34. The monoisotopic (exact) mass is 1370 g/mol. The molecule has 0 aliphatic heterocycles. The van der Waals surface area contributed by atoms with Gasteiger partial charge in [-0.05, 0) is 131 Å². The first-order chi connectivity index (χ1) is 50.3. The molecule has 8 heteroatoms. The number of fused-ring (bicyclic) bond motifs is 13. The minimum Gasteiger partial charge on any atom is -0.423 e. The Kier molecular flexibility index (Phi) is 16.8. The Morgan fingerprint density at radius 1 is 0.225 bits per heavy atom. The molecule has 2 N–H and O–H groups in total. The van der Waals surface area contributed by atoms with Crippen molar-refractivity contribution in [1.82, 2.24) is 19.9 Å². The molecule has 0 amide bonds. The summed E-state index contributed by atoms with van der Waals surface area (Å²) in [6.45, 7) is 0. The Morgan fingerprint density at radius 2 is 0.529 bits per heavy atom. The molecular weight excluding hydrogens is 1310 g/mol. The third-order valence-corrected chi connectivity index (χ3v) is 20.5. The fourth-order valence-electron chi connectivity index (χ4n) is 15.5. The van der Waals surface area contributed by atoms with Crippen LogP contribution in [0.5, 0.6) is 0 Å². The van der Waals surface area contributed by atoms with Gasteiger partial charge < -0.3 is 10.0 Å². The largest absolute Gasteiger partial charge is 0.488 e. The van der Waals surface area contributed by atoms with Crippen LogP contribution in [0.1, 0.15) is 44.5 Å². The zero-order chi connectivity index (χ0) is 68.6. The molecule has 14 aromatic carbocycles. The van der Waals surface area contributed by atoms with Gasteiger partial charge in [-0.2, -0.15) is 0 Å². The maximum absolute atomic E-state index is 9.85. The quantitative estimate of drug-likeness (QED) is 0.133. The highest BCUT2D eigenvalue weighted by atomic mass is 79.9. The average Bonchev–Trinajstić information content (AvgIpc) is 1.52. The second kappa shape index (κ2) is 27.1. The molecule has 0 radical (unpaired) electrons. The Bertz CT molecular complexity index is 5540. The van der Waals surface area contributed by atoms with Gasteiger partial charge in [0.15, 0.2) is 11.6 Å². The van der Waals surface area contributed by atoms with E-state index >= 15 is 0 Å². The molecule has 2 aromatic heterocycles. The molecule has 2 heterocycles. The van der Waals surface area contributed by atoms with Crippen molar-refractivity contribution in [3.63, 3.8) is 0 Å². The zero-order valence-electron chi connectivity index (χ0n) is 55.4. The smallest absolute Gasteiger partial charge is 0.423 e. The van der Waals surface area contributed by atoms with Crippen molar-refractivity contribution in [2.24, 2.45) is 0 Å². The van der Waals surface area contributed by atoms with E-state index in [0.29, 0.717) is 11.3 Å². The third-order valence-electron chi connectivity index (χ3n) is 20.0. The normalized spacial score (nSPS) is 12.6. The van der Waals surface area contributed by atoms with Gasteiger partial charge in [0.05, 0.1) is 33.6 Å². The lowest BCUT2D eigenvalue weighted by atomic mass is 9.67. The number of nitrogens with zero attached hydrogens (tertiary/aromatic N) is 4. The second-order valence-electron chi connectivity index (χ2n) is 25.8. The molecule has 0 fully saturated rings. The highest BCUT2D eigenvalue weighted by Gasteiger charge is 2.52. The first-order valence-corrected chi connectivity index (χ1v) is 35.1. The molecule has 1 spiro atoms. The molecule has 0 unspecified atom stereocenters. The van der Waals surface area contributed by atoms with Gasteiger partial charge in [0.2, 0.25) is 0 Å². The minimum atomic E-state index is -1.49. The standard InChI is InChI=1S/C47H32N2.C25H17BO2.C22H15BrN2/c1-5-16-33(17-6-1)44-32-45(34-18-7-2-8-19-34)49-46(48-44)37-21-15-20-35(30-37)36-28-29-41-40-26-13-14-27-42(40)47(43(41)31-36,38-22-9-3-10-23-38)39-24-11-4-12-25-39;27-26(28)16-13-14-20-19-9-3-6-12-23(19)25(24(20)15-16)21-10-4-1-7-17(21)18-8-2-5-11-22(18)25;23-19-13-7-12-18(14-19)22-24-20(16-8-3-1-4-9-16)15-21(25-22)17-10-5-2-6-11-17/h1-32H;1-15,27-28H;1-15H. The van der Waals surface area contributed by atoms with Crippen molar-refractivity contribution in [2.75, 3.05) is 0 Å². The SMILES string of the molecule is Brc1cccc(-c2nc(-c3ccccc3)cc(-c3ccccc3)n2)c1.OB(O)c1ccc2c(c1)C1(c3ccccc3-c3ccccc31)c1ccccc1-2.c1ccc(-c2cc(-c3ccccc3)nc(-c3cccc(-c4ccc5c(c4)C(c4ccccc4)(c4ccccc4)c4ccccc4-5)c3)n2)cc1. The number of hydrogen-bond donors (Lipinski definition) is 2. The number of halogens is 1. The van der Waals surface area contributed by atoms with Gasteiger partial charge >= 0.3 is 7.12 Å². The molecule has 0 saturated carbocycles. The molecule has 0 saturated heterocycles. The number of hydrogen-bond acceptors (Lipinski definition) is 6.